The molecule has 1 saturated heterocycles. The molecule has 1 aromatic rings. The molecule has 1 N–H and O–H groups in total. The van der Waals surface area contributed by atoms with Gasteiger partial charge in [0, 0.05) is 16.9 Å². The zero-order valence-corrected chi connectivity index (χ0v) is 14.1. The van der Waals surface area contributed by atoms with E-state index in [1.807, 2.05) is 36.1 Å². The first-order valence-electron chi connectivity index (χ1n) is 7.58. The summed E-state index contributed by atoms with van der Waals surface area (Å²) in [5.41, 5.74) is 0. The van der Waals surface area contributed by atoms with Crippen molar-refractivity contribution >= 4 is 21.8 Å². The van der Waals surface area contributed by atoms with Gasteiger partial charge in [0.15, 0.2) is 0 Å². The lowest BCUT2D eigenvalue weighted by Crippen LogP contribution is -2.42. The minimum absolute atomic E-state index is 0.180. The van der Waals surface area contributed by atoms with Crippen molar-refractivity contribution in [2.24, 2.45) is 5.92 Å². The molecule has 1 aromatic carbocycles. The van der Waals surface area contributed by atoms with E-state index in [9.17, 15) is 4.79 Å². The summed E-state index contributed by atoms with van der Waals surface area (Å²) < 4.78 is 6.74. The second-order valence-corrected chi connectivity index (χ2v) is 6.16. The monoisotopic (exact) mass is 354 g/mol. The predicted molar refractivity (Wildman–Crippen MR) is 87.5 cm³/mol. The number of carbonyl (C=O) groups excluding carboxylic acids is 1. The standard InChI is InChI=1S/C16H23BrN2O2/c1-2-19(16(20)13-7-9-18-10-8-13)11-12-21-15-5-3-14(17)4-6-15/h3-6,13,18H,2,7-12H2,1H3. The normalized spacial score (nSPS) is 15.7. The van der Waals surface area contributed by atoms with E-state index in [0.717, 1.165) is 42.7 Å². The van der Waals surface area contributed by atoms with Crippen LogP contribution in [-0.4, -0.2) is 43.6 Å². The molecule has 4 nitrogen and oxygen atoms in total. The molecular formula is C16H23BrN2O2. The fourth-order valence-electron chi connectivity index (χ4n) is 2.56. The number of likely N-dealkylation sites (N-methyl/N-ethyl adjacent to an activating group) is 1. The number of rotatable bonds is 6. The highest BCUT2D eigenvalue weighted by atomic mass is 79.9. The number of nitrogens with zero attached hydrogens (tertiary/aromatic N) is 1. The number of nitrogens with one attached hydrogen (secondary N) is 1. The van der Waals surface area contributed by atoms with E-state index in [-0.39, 0.29) is 11.8 Å². The summed E-state index contributed by atoms with van der Waals surface area (Å²) in [6.07, 6.45) is 1.89. The summed E-state index contributed by atoms with van der Waals surface area (Å²) in [6, 6.07) is 7.75. The highest BCUT2D eigenvalue weighted by Gasteiger charge is 2.24. The Morgan fingerprint density at radius 2 is 2.00 bits per heavy atom. The molecule has 1 aliphatic heterocycles. The number of hydrogen-bond acceptors (Lipinski definition) is 3. The Labute approximate surface area is 135 Å². The summed E-state index contributed by atoms with van der Waals surface area (Å²) in [5.74, 6) is 1.29. The average molecular weight is 355 g/mol. The molecule has 0 unspecified atom stereocenters. The van der Waals surface area contributed by atoms with Crippen LogP contribution in [0.25, 0.3) is 0 Å². The average Bonchev–Trinajstić information content (AvgIpc) is 2.53. The Morgan fingerprint density at radius 1 is 1.33 bits per heavy atom. The van der Waals surface area contributed by atoms with Gasteiger partial charge in [-0.05, 0) is 57.1 Å². The van der Waals surface area contributed by atoms with Gasteiger partial charge in [-0.15, -0.1) is 0 Å². The van der Waals surface area contributed by atoms with Crippen molar-refractivity contribution in [2.75, 3.05) is 32.8 Å². The van der Waals surface area contributed by atoms with Crippen molar-refractivity contribution in [3.8, 4) is 5.75 Å². The first kappa shape index (κ1) is 16.3. The fraction of sp³-hybridized carbons (Fsp3) is 0.562. The molecule has 116 valence electrons. The summed E-state index contributed by atoms with van der Waals surface area (Å²) in [4.78, 5) is 14.4. The molecule has 2 rings (SSSR count). The van der Waals surface area contributed by atoms with E-state index in [0.29, 0.717) is 13.2 Å². The summed E-state index contributed by atoms with van der Waals surface area (Å²) in [6.45, 7) is 5.85. The number of halogens is 1. The number of ether oxygens (including phenoxy) is 1. The molecular weight excluding hydrogens is 332 g/mol. The second-order valence-electron chi connectivity index (χ2n) is 5.24. The topological polar surface area (TPSA) is 41.6 Å². The Hall–Kier alpha value is -1.07. The Bertz CT molecular complexity index is 444. The van der Waals surface area contributed by atoms with Crippen molar-refractivity contribution in [1.82, 2.24) is 10.2 Å². The van der Waals surface area contributed by atoms with E-state index in [2.05, 4.69) is 21.2 Å². The largest absolute Gasteiger partial charge is 0.492 e. The quantitative estimate of drug-likeness (QED) is 0.853. The van der Waals surface area contributed by atoms with Crippen LogP contribution >= 0.6 is 15.9 Å². The van der Waals surface area contributed by atoms with Crippen LogP contribution in [0, 0.1) is 5.92 Å². The Kier molecular flexibility index (Phi) is 6.51. The molecule has 1 heterocycles. The van der Waals surface area contributed by atoms with Gasteiger partial charge in [-0.25, -0.2) is 0 Å². The highest BCUT2D eigenvalue weighted by Crippen LogP contribution is 2.17. The van der Waals surface area contributed by atoms with Gasteiger partial charge in [0.05, 0.1) is 6.54 Å². The van der Waals surface area contributed by atoms with Crippen molar-refractivity contribution in [3.05, 3.63) is 28.7 Å². The van der Waals surface area contributed by atoms with Gasteiger partial charge in [0.1, 0.15) is 12.4 Å². The molecule has 1 aliphatic rings. The van der Waals surface area contributed by atoms with Crippen LogP contribution in [-0.2, 0) is 4.79 Å². The molecule has 0 aromatic heterocycles. The minimum atomic E-state index is 0.180. The van der Waals surface area contributed by atoms with Gasteiger partial charge >= 0.3 is 0 Å². The molecule has 5 heteroatoms. The molecule has 0 atom stereocenters. The SMILES string of the molecule is CCN(CCOc1ccc(Br)cc1)C(=O)C1CCNCC1. The predicted octanol–water partition coefficient (Wildman–Crippen LogP) is 2.68. The van der Waals surface area contributed by atoms with Crippen LogP contribution < -0.4 is 10.1 Å². The number of carbonyl (C=O) groups is 1. The molecule has 0 aliphatic carbocycles. The van der Waals surface area contributed by atoms with Gasteiger partial charge in [0.2, 0.25) is 5.91 Å². The van der Waals surface area contributed by atoms with E-state index >= 15 is 0 Å². The van der Waals surface area contributed by atoms with Crippen molar-refractivity contribution in [2.45, 2.75) is 19.8 Å². The summed E-state index contributed by atoms with van der Waals surface area (Å²) in [7, 11) is 0. The third-order valence-corrected chi connectivity index (χ3v) is 4.35. The van der Waals surface area contributed by atoms with E-state index in [1.165, 1.54) is 0 Å². The molecule has 0 spiro atoms. The molecule has 0 bridgehead atoms. The van der Waals surface area contributed by atoms with Gasteiger partial charge in [-0.1, -0.05) is 15.9 Å². The van der Waals surface area contributed by atoms with E-state index in [1.54, 1.807) is 0 Å². The number of benzene rings is 1. The third-order valence-electron chi connectivity index (χ3n) is 3.83. The maximum atomic E-state index is 12.5. The number of piperidine rings is 1. The number of amides is 1. The Balaban J connectivity index is 1.78. The highest BCUT2D eigenvalue weighted by molar-refractivity contribution is 9.10. The van der Waals surface area contributed by atoms with Crippen LogP contribution in [0.3, 0.4) is 0 Å². The molecule has 1 fully saturated rings. The maximum absolute atomic E-state index is 12.5. The first-order valence-corrected chi connectivity index (χ1v) is 8.38. The molecule has 21 heavy (non-hydrogen) atoms. The van der Waals surface area contributed by atoms with Gasteiger partial charge in [0.25, 0.3) is 0 Å². The van der Waals surface area contributed by atoms with Gasteiger partial charge < -0.3 is 15.0 Å². The first-order chi connectivity index (χ1) is 10.2. The minimum Gasteiger partial charge on any atom is -0.492 e. The lowest BCUT2D eigenvalue weighted by Gasteiger charge is -2.28. The zero-order valence-electron chi connectivity index (χ0n) is 12.5. The van der Waals surface area contributed by atoms with Crippen LogP contribution in [0.1, 0.15) is 19.8 Å². The fourth-order valence-corrected chi connectivity index (χ4v) is 2.82. The van der Waals surface area contributed by atoms with Crippen molar-refractivity contribution < 1.29 is 9.53 Å². The van der Waals surface area contributed by atoms with Gasteiger partial charge in [-0.2, -0.15) is 0 Å². The zero-order chi connectivity index (χ0) is 15.1. The Morgan fingerprint density at radius 3 is 2.62 bits per heavy atom. The molecule has 1 amide bonds. The summed E-state index contributed by atoms with van der Waals surface area (Å²) in [5, 5.41) is 3.30. The lowest BCUT2D eigenvalue weighted by molar-refractivity contribution is -0.136. The van der Waals surface area contributed by atoms with Crippen LogP contribution in [0.15, 0.2) is 28.7 Å². The second kappa shape index (κ2) is 8.39. The van der Waals surface area contributed by atoms with Crippen LogP contribution in [0.4, 0.5) is 0 Å². The maximum Gasteiger partial charge on any atom is 0.225 e. The van der Waals surface area contributed by atoms with Crippen LogP contribution in [0.2, 0.25) is 0 Å². The van der Waals surface area contributed by atoms with Crippen molar-refractivity contribution in [3.63, 3.8) is 0 Å². The molecule has 0 radical (unpaired) electrons. The van der Waals surface area contributed by atoms with E-state index in [4.69, 9.17) is 4.74 Å². The summed E-state index contributed by atoms with van der Waals surface area (Å²) >= 11 is 3.40. The number of hydrogen-bond donors (Lipinski definition) is 1. The smallest absolute Gasteiger partial charge is 0.225 e. The lowest BCUT2D eigenvalue weighted by atomic mass is 9.96. The van der Waals surface area contributed by atoms with E-state index < -0.39 is 0 Å². The molecule has 0 saturated carbocycles. The van der Waals surface area contributed by atoms with Crippen LogP contribution in [0.5, 0.6) is 5.75 Å². The third kappa shape index (κ3) is 5.00. The van der Waals surface area contributed by atoms with Gasteiger partial charge in [-0.3, -0.25) is 4.79 Å². The van der Waals surface area contributed by atoms with Crippen molar-refractivity contribution in [1.29, 1.82) is 0 Å².